The Labute approximate surface area is 82.3 Å². The fraction of sp³-hybridized carbons (Fsp3) is 0.125. The van der Waals surface area contributed by atoms with Crippen molar-refractivity contribution in [3.05, 3.63) is 40.3 Å². The molecule has 0 spiro atoms. The number of tetrazole rings is 1. The van der Waals surface area contributed by atoms with E-state index in [2.05, 4.69) is 15.5 Å². The summed E-state index contributed by atoms with van der Waals surface area (Å²) in [4.78, 5) is 11.1. The molecule has 0 saturated heterocycles. The van der Waals surface area contributed by atoms with Crippen molar-refractivity contribution in [2.75, 3.05) is 0 Å². The Bertz CT molecular complexity index is 519. The van der Waals surface area contributed by atoms with Crippen molar-refractivity contribution in [1.82, 2.24) is 20.2 Å². The van der Waals surface area contributed by atoms with Crippen LogP contribution >= 0.6 is 0 Å². The fourth-order valence-electron chi connectivity index (χ4n) is 1.16. The van der Waals surface area contributed by atoms with Crippen LogP contribution in [0.3, 0.4) is 0 Å². The lowest BCUT2D eigenvalue weighted by molar-refractivity contribution is 0.151. The fourth-order valence-corrected chi connectivity index (χ4v) is 1.16. The Morgan fingerprint density at radius 1 is 1.40 bits per heavy atom. The number of rotatable bonds is 2. The Hall–Kier alpha value is -2.05. The van der Waals surface area contributed by atoms with Crippen molar-refractivity contribution < 1.29 is 8.78 Å². The van der Waals surface area contributed by atoms with Gasteiger partial charge in [-0.15, -0.1) is 0 Å². The van der Waals surface area contributed by atoms with E-state index >= 15 is 0 Å². The highest BCUT2D eigenvalue weighted by molar-refractivity contribution is 5.34. The first-order chi connectivity index (χ1) is 7.18. The van der Waals surface area contributed by atoms with Gasteiger partial charge in [-0.3, -0.25) is 0 Å². The predicted octanol–water partition coefficient (Wildman–Crippen LogP) is 0.893. The number of hydrogen-bond acceptors (Lipinski definition) is 3. The normalized spacial score (nSPS) is 10.9. The molecule has 0 atom stereocenters. The number of aromatic amines is 1. The Balaban J connectivity index is 2.50. The van der Waals surface area contributed by atoms with E-state index in [0.29, 0.717) is 0 Å². The zero-order valence-corrected chi connectivity index (χ0v) is 7.39. The lowest BCUT2D eigenvalue weighted by Crippen LogP contribution is -2.16. The number of alkyl halides is 2. The highest BCUT2D eigenvalue weighted by Crippen LogP contribution is 2.20. The molecule has 0 amide bonds. The number of benzene rings is 1. The van der Waals surface area contributed by atoms with Crippen molar-refractivity contribution in [1.29, 1.82) is 0 Å². The number of halogens is 2. The first-order valence-corrected chi connectivity index (χ1v) is 4.07. The van der Waals surface area contributed by atoms with Gasteiger partial charge in [0, 0.05) is 5.56 Å². The molecule has 0 saturated carbocycles. The van der Waals surface area contributed by atoms with E-state index < -0.39 is 12.1 Å². The van der Waals surface area contributed by atoms with Gasteiger partial charge in [0.15, 0.2) is 0 Å². The van der Waals surface area contributed by atoms with Crippen molar-refractivity contribution in [3.8, 4) is 5.69 Å². The van der Waals surface area contributed by atoms with Crippen molar-refractivity contribution in [2.45, 2.75) is 6.43 Å². The molecule has 5 nitrogen and oxygen atoms in total. The van der Waals surface area contributed by atoms with E-state index in [0.717, 1.165) is 4.68 Å². The van der Waals surface area contributed by atoms with Gasteiger partial charge in [0.05, 0.1) is 5.69 Å². The van der Waals surface area contributed by atoms with Crippen LogP contribution in [0.1, 0.15) is 12.0 Å². The third-order valence-corrected chi connectivity index (χ3v) is 1.84. The van der Waals surface area contributed by atoms with Gasteiger partial charge in [-0.05, 0) is 22.6 Å². The van der Waals surface area contributed by atoms with E-state index in [9.17, 15) is 13.6 Å². The van der Waals surface area contributed by atoms with E-state index in [1.165, 1.54) is 24.3 Å². The zero-order valence-electron chi connectivity index (χ0n) is 7.39. The summed E-state index contributed by atoms with van der Waals surface area (Å²) in [6, 6.07) is 5.39. The topological polar surface area (TPSA) is 63.6 Å². The highest BCUT2D eigenvalue weighted by Gasteiger charge is 2.09. The smallest absolute Gasteiger partial charge is 0.244 e. The average Bonchev–Trinajstić information content (AvgIpc) is 2.64. The molecule has 0 aliphatic carbocycles. The first kappa shape index (κ1) is 9.50. The summed E-state index contributed by atoms with van der Waals surface area (Å²) in [5.74, 6) is 0. The molecular weight excluding hydrogens is 206 g/mol. The molecule has 1 aromatic heterocycles. The number of hydrogen-bond donors (Lipinski definition) is 1. The molecular formula is C8H6F2N4O. The summed E-state index contributed by atoms with van der Waals surface area (Å²) in [5, 5.41) is 8.78. The van der Waals surface area contributed by atoms with Gasteiger partial charge < -0.3 is 0 Å². The van der Waals surface area contributed by atoms with E-state index in [-0.39, 0.29) is 11.3 Å². The van der Waals surface area contributed by atoms with Gasteiger partial charge >= 0.3 is 5.69 Å². The summed E-state index contributed by atoms with van der Waals surface area (Å²) in [7, 11) is 0. The minimum absolute atomic E-state index is 0.164. The zero-order chi connectivity index (χ0) is 10.8. The average molecular weight is 212 g/mol. The van der Waals surface area contributed by atoms with Gasteiger partial charge in [0.2, 0.25) is 0 Å². The Morgan fingerprint density at radius 2 is 2.20 bits per heavy atom. The van der Waals surface area contributed by atoms with Gasteiger partial charge in [0.25, 0.3) is 6.43 Å². The summed E-state index contributed by atoms with van der Waals surface area (Å²) in [5.41, 5.74) is -0.477. The largest absolute Gasteiger partial charge is 0.365 e. The molecule has 0 aliphatic rings. The van der Waals surface area contributed by atoms with Gasteiger partial charge in [-0.1, -0.05) is 12.1 Å². The number of aromatic nitrogens is 4. The Morgan fingerprint density at radius 3 is 2.80 bits per heavy atom. The molecule has 7 heteroatoms. The maximum Gasteiger partial charge on any atom is 0.365 e. The van der Waals surface area contributed by atoms with Crippen LogP contribution in [0.5, 0.6) is 0 Å². The van der Waals surface area contributed by atoms with E-state index in [1.807, 2.05) is 0 Å². The third kappa shape index (κ3) is 1.76. The summed E-state index contributed by atoms with van der Waals surface area (Å²) in [6.07, 6.45) is -2.58. The van der Waals surface area contributed by atoms with Gasteiger partial charge in [0.1, 0.15) is 0 Å². The minimum atomic E-state index is -2.58. The van der Waals surface area contributed by atoms with Crippen LogP contribution in [0.15, 0.2) is 29.1 Å². The highest BCUT2D eigenvalue weighted by atomic mass is 19.3. The quantitative estimate of drug-likeness (QED) is 0.804. The summed E-state index contributed by atoms with van der Waals surface area (Å²) in [6.45, 7) is 0. The molecule has 2 rings (SSSR count). The molecule has 0 aliphatic heterocycles. The molecule has 1 aromatic carbocycles. The lowest BCUT2D eigenvalue weighted by atomic mass is 10.2. The van der Waals surface area contributed by atoms with Gasteiger partial charge in [-0.25, -0.2) is 18.7 Å². The van der Waals surface area contributed by atoms with Crippen LogP contribution < -0.4 is 5.69 Å². The standard InChI is InChI=1S/C8H6F2N4O/c9-7(10)5-2-1-3-6(4-5)14-8(15)11-12-13-14/h1-4,7H,(H,11,13,15). The van der Waals surface area contributed by atoms with Crippen molar-refractivity contribution in [3.63, 3.8) is 0 Å². The van der Waals surface area contributed by atoms with Crippen molar-refractivity contribution in [2.24, 2.45) is 0 Å². The monoisotopic (exact) mass is 212 g/mol. The van der Waals surface area contributed by atoms with Crippen LogP contribution in [0.25, 0.3) is 5.69 Å². The van der Waals surface area contributed by atoms with Crippen LogP contribution in [0, 0.1) is 0 Å². The second-order valence-electron chi connectivity index (χ2n) is 2.81. The van der Waals surface area contributed by atoms with Crippen LogP contribution in [-0.2, 0) is 0 Å². The van der Waals surface area contributed by atoms with Crippen LogP contribution in [0.2, 0.25) is 0 Å². The number of nitrogens with one attached hydrogen (secondary N) is 1. The second kappa shape index (κ2) is 3.60. The summed E-state index contributed by atoms with van der Waals surface area (Å²) >= 11 is 0. The lowest BCUT2D eigenvalue weighted by Gasteiger charge is -2.01. The molecule has 1 heterocycles. The maximum absolute atomic E-state index is 12.4. The molecule has 0 fully saturated rings. The summed E-state index contributed by atoms with van der Waals surface area (Å²) < 4.78 is 25.6. The minimum Gasteiger partial charge on any atom is -0.244 e. The maximum atomic E-state index is 12.4. The van der Waals surface area contributed by atoms with Crippen molar-refractivity contribution >= 4 is 0 Å². The molecule has 15 heavy (non-hydrogen) atoms. The molecule has 2 aromatic rings. The number of nitrogens with zero attached hydrogens (tertiary/aromatic N) is 3. The van der Waals surface area contributed by atoms with Crippen LogP contribution in [-0.4, -0.2) is 20.2 Å². The number of H-pyrrole nitrogens is 1. The second-order valence-corrected chi connectivity index (χ2v) is 2.81. The molecule has 1 N–H and O–H groups in total. The van der Waals surface area contributed by atoms with Crippen LogP contribution in [0.4, 0.5) is 8.78 Å². The first-order valence-electron chi connectivity index (χ1n) is 4.07. The molecule has 78 valence electrons. The van der Waals surface area contributed by atoms with Gasteiger partial charge in [-0.2, -0.15) is 4.68 Å². The SMILES string of the molecule is O=c1[nH]nnn1-c1cccc(C(F)F)c1. The third-order valence-electron chi connectivity index (χ3n) is 1.84. The van der Waals surface area contributed by atoms with E-state index in [4.69, 9.17) is 0 Å². The Kier molecular flexibility index (Phi) is 2.28. The van der Waals surface area contributed by atoms with E-state index in [1.54, 1.807) is 0 Å². The predicted molar refractivity (Wildman–Crippen MR) is 46.9 cm³/mol. The molecule has 0 unspecified atom stereocenters. The molecule has 0 radical (unpaired) electrons. The molecule has 0 bridgehead atoms.